The zero-order valence-corrected chi connectivity index (χ0v) is 25.9. The van der Waals surface area contributed by atoms with Crippen molar-refractivity contribution in [2.45, 2.75) is 51.1 Å². The Bertz CT molecular complexity index is 1470. The first-order valence-electron chi connectivity index (χ1n) is 13.2. The van der Waals surface area contributed by atoms with E-state index < -0.39 is 28.5 Å². The zero-order valence-electron chi connectivity index (χ0n) is 23.6. The van der Waals surface area contributed by atoms with Crippen LogP contribution in [0.15, 0.2) is 71.6 Å². The second kappa shape index (κ2) is 14.6. The molecule has 8 nitrogen and oxygen atoms in total. The fourth-order valence-corrected chi connectivity index (χ4v) is 5.96. The number of methoxy groups -OCH3 is 1. The number of unbranched alkanes of at least 4 members (excludes halogenated alkanes) is 1. The number of sulfonamides is 1. The van der Waals surface area contributed by atoms with Crippen molar-refractivity contribution in [3.05, 3.63) is 87.9 Å². The summed E-state index contributed by atoms with van der Waals surface area (Å²) in [4.78, 5) is 28.4. The van der Waals surface area contributed by atoms with Gasteiger partial charge < -0.3 is 15.0 Å². The summed E-state index contributed by atoms with van der Waals surface area (Å²) in [7, 11) is -2.72. The molecule has 2 amide bonds. The van der Waals surface area contributed by atoms with Gasteiger partial charge in [-0.3, -0.25) is 13.9 Å². The smallest absolute Gasteiger partial charge is 0.264 e. The summed E-state index contributed by atoms with van der Waals surface area (Å²) in [6.45, 7) is 5.32. The lowest BCUT2D eigenvalue weighted by Crippen LogP contribution is -2.51. The monoisotopic (exact) mass is 619 g/mol. The maximum absolute atomic E-state index is 14.0. The Hall–Kier alpha value is -3.27. The van der Waals surface area contributed by atoms with Gasteiger partial charge in [-0.2, -0.15) is 0 Å². The Kier molecular flexibility index (Phi) is 11.5. The summed E-state index contributed by atoms with van der Waals surface area (Å²) in [6, 6.07) is 16.8. The third kappa shape index (κ3) is 8.38. The molecule has 1 unspecified atom stereocenters. The summed E-state index contributed by atoms with van der Waals surface area (Å²) >= 11 is 12.5. The molecule has 0 spiro atoms. The number of carbonyl (C=O) groups excluding carboxylic acids is 2. The highest BCUT2D eigenvalue weighted by molar-refractivity contribution is 7.92. The van der Waals surface area contributed by atoms with Crippen LogP contribution in [0.4, 0.5) is 5.69 Å². The maximum atomic E-state index is 14.0. The number of rotatable bonds is 13. The van der Waals surface area contributed by atoms with E-state index in [4.69, 9.17) is 27.9 Å². The Labute approximate surface area is 252 Å². The molecule has 0 aromatic heterocycles. The summed E-state index contributed by atoms with van der Waals surface area (Å²) in [5, 5.41) is 3.61. The minimum Gasteiger partial charge on any atom is -0.497 e. The lowest BCUT2D eigenvalue weighted by atomic mass is 10.1. The number of benzene rings is 3. The van der Waals surface area contributed by atoms with Crippen LogP contribution in [-0.2, 0) is 26.2 Å². The van der Waals surface area contributed by atoms with Crippen LogP contribution in [0.1, 0.15) is 37.8 Å². The van der Waals surface area contributed by atoms with Crippen molar-refractivity contribution in [1.29, 1.82) is 0 Å². The van der Waals surface area contributed by atoms with Gasteiger partial charge in [0.25, 0.3) is 10.0 Å². The SMILES string of the molecule is CCCCNC(=O)C(C)N(Cc1ccc(Cl)cc1Cl)C(=O)CN(c1cccc(OC)c1)S(=O)(=O)c1ccc(C)cc1. The van der Waals surface area contributed by atoms with Gasteiger partial charge in [-0.1, -0.05) is 66.4 Å². The predicted molar refractivity (Wildman–Crippen MR) is 163 cm³/mol. The molecular formula is C30H35Cl2N3O5S. The lowest BCUT2D eigenvalue weighted by molar-refractivity contribution is -0.139. The molecule has 0 saturated heterocycles. The molecule has 220 valence electrons. The second-order valence-electron chi connectivity index (χ2n) is 9.60. The van der Waals surface area contributed by atoms with Gasteiger partial charge in [-0.25, -0.2) is 8.42 Å². The van der Waals surface area contributed by atoms with Gasteiger partial charge in [0.2, 0.25) is 11.8 Å². The highest BCUT2D eigenvalue weighted by Gasteiger charge is 2.33. The van der Waals surface area contributed by atoms with E-state index in [1.807, 2.05) is 13.8 Å². The average Bonchev–Trinajstić information content (AvgIpc) is 2.95. The maximum Gasteiger partial charge on any atom is 0.264 e. The number of anilines is 1. The molecule has 1 N–H and O–H groups in total. The Morgan fingerprint density at radius 2 is 1.73 bits per heavy atom. The highest BCUT2D eigenvalue weighted by Crippen LogP contribution is 2.28. The largest absolute Gasteiger partial charge is 0.497 e. The van der Waals surface area contributed by atoms with Gasteiger partial charge in [0, 0.05) is 29.2 Å². The molecule has 0 fully saturated rings. The predicted octanol–water partition coefficient (Wildman–Crippen LogP) is 5.84. The third-order valence-electron chi connectivity index (χ3n) is 6.58. The van der Waals surface area contributed by atoms with Crippen LogP contribution < -0.4 is 14.4 Å². The van der Waals surface area contributed by atoms with Gasteiger partial charge >= 0.3 is 0 Å². The number of amides is 2. The van der Waals surface area contributed by atoms with Gasteiger partial charge in [-0.05, 0) is 62.2 Å². The molecule has 3 aromatic rings. The number of hydrogen-bond donors (Lipinski definition) is 1. The van der Waals surface area contributed by atoms with Crippen LogP contribution in [0.2, 0.25) is 10.0 Å². The van der Waals surface area contributed by atoms with Crippen LogP contribution in [0, 0.1) is 6.92 Å². The van der Waals surface area contributed by atoms with Crippen molar-refractivity contribution in [2.24, 2.45) is 0 Å². The molecule has 0 heterocycles. The molecular weight excluding hydrogens is 585 g/mol. The molecule has 0 bridgehead atoms. The van der Waals surface area contributed by atoms with Crippen LogP contribution >= 0.6 is 23.2 Å². The van der Waals surface area contributed by atoms with Crippen molar-refractivity contribution in [1.82, 2.24) is 10.2 Å². The van der Waals surface area contributed by atoms with Crippen LogP contribution in [-0.4, -0.2) is 51.4 Å². The standard InChI is InChI=1S/C30H35Cl2N3O5S/c1-5-6-16-33-30(37)22(3)34(19-23-12-13-24(31)17-28(23)32)29(36)20-35(25-8-7-9-26(18-25)40-4)41(38,39)27-14-10-21(2)11-15-27/h7-15,17-18,22H,5-6,16,19-20H2,1-4H3,(H,33,37). The summed E-state index contributed by atoms with van der Waals surface area (Å²) in [5.41, 5.74) is 1.69. The number of ether oxygens (including phenoxy) is 1. The van der Waals surface area contributed by atoms with E-state index in [2.05, 4.69) is 5.32 Å². The van der Waals surface area contributed by atoms with Gasteiger partial charge in [0.15, 0.2) is 0 Å². The highest BCUT2D eigenvalue weighted by atomic mass is 35.5. The minimum atomic E-state index is -4.19. The lowest BCUT2D eigenvalue weighted by Gasteiger charge is -2.32. The van der Waals surface area contributed by atoms with E-state index in [0.717, 1.165) is 22.7 Å². The van der Waals surface area contributed by atoms with Crippen molar-refractivity contribution >= 4 is 50.7 Å². The van der Waals surface area contributed by atoms with Crippen molar-refractivity contribution in [3.63, 3.8) is 0 Å². The summed E-state index contributed by atoms with van der Waals surface area (Å²) in [6.07, 6.45) is 1.68. The first kappa shape index (κ1) is 32.2. The average molecular weight is 621 g/mol. The van der Waals surface area contributed by atoms with Gasteiger partial charge in [0.1, 0.15) is 18.3 Å². The van der Waals surface area contributed by atoms with Crippen molar-refractivity contribution in [3.8, 4) is 5.75 Å². The van der Waals surface area contributed by atoms with Crippen molar-refractivity contribution in [2.75, 3.05) is 24.5 Å². The summed E-state index contributed by atoms with van der Waals surface area (Å²) in [5.74, 6) is -0.522. The molecule has 0 aliphatic carbocycles. The topological polar surface area (TPSA) is 96.0 Å². The fourth-order valence-electron chi connectivity index (χ4n) is 4.08. The molecule has 0 saturated carbocycles. The molecule has 0 radical (unpaired) electrons. The van der Waals surface area contributed by atoms with Gasteiger partial charge in [-0.15, -0.1) is 0 Å². The summed E-state index contributed by atoms with van der Waals surface area (Å²) < 4.78 is 34.2. The Balaban J connectivity index is 2.04. The second-order valence-corrected chi connectivity index (χ2v) is 12.3. The third-order valence-corrected chi connectivity index (χ3v) is 8.96. The molecule has 41 heavy (non-hydrogen) atoms. The van der Waals surface area contributed by atoms with Gasteiger partial charge in [0.05, 0.1) is 17.7 Å². The van der Waals surface area contributed by atoms with E-state index in [9.17, 15) is 18.0 Å². The van der Waals surface area contributed by atoms with Crippen LogP contribution in [0.5, 0.6) is 5.75 Å². The normalized spacial score (nSPS) is 12.0. The molecule has 3 rings (SSSR count). The fraction of sp³-hybridized carbons (Fsp3) is 0.333. The van der Waals surface area contributed by atoms with Crippen LogP contribution in [0.3, 0.4) is 0 Å². The molecule has 0 aliphatic rings. The first-order valence-corrected chi connectivity index (χ1v) is 15.4. The van der Waals surface area contributed by atoms with E-state index in [-0.39, 0.29) is 23.0 Å². The number of aryl methyl sites for hydroxylation is 1. The van der Waals surface area contributed by atoms with E-state index in [0.29, 0.717) is 27.9 Å². The van der Waals surface area contributed by atoms with Crippen LogP contribution in [0.25, 0.3) is 0 Å². The number of halogens is 2. The van der Waals surface area contributed by atoms with Crippen molar-refractivity contribution < 1.29 is 22.7 Å². The quantitative estimate of drug-likeness (QED) is 0.243. The zero-order chi connectivity index (χ0) is 30.2. The number of nitrogens with one attached hydrogen (secondary N) is 1. The molecule has 11 heteroatoms. The first-order chi connectivity index (χ1) is 19.5. The van der Waals surface area contributed by atoms with E-state index in [1.54, 1.807) is 61.5 Å². The Morgan fingerprint density at radius 3 is 2.37 bits per heavy atom. The molecule has 0 aliphatic heterocycles. The number of hydrogen-bond acceptors (Lipinski definition) is 5. The molecule has 3 aromatic carbocycles. The number of nitrogens with zero attached hydrogens (tertiary/aromatic N) is 2. The number of carbonyl (C=O) groups is 2. The van der Waals surface area contributed by atoms with E-state index in [1.165, 1.54) is 24.1 Å². The molecule has 1 atom stereocenters. The minimum absolute atomic E-state index is 0.0244. The van der Waals surface area contributed by atoms with E-state index >= 15 is 0 Å². The Morgan fingerprint density at radius 1 is 1.02 bits per heavy atom.